The summed E-state index contributed by atoms with van der Waals surface area (Å²) in [5, 5.41) is 2.19. The molecule has 0 aliphatic rings. The van der Waals surface area contributed by atoms with E-state index in [2.05, 4.69) is 53.9 Å². The summed E-state index contributed by atoms with van der Waals surface area (Å²) in [7, 11) is 0. The van der Waals surface area contributed by atoms with Crippen LogP contribution >= 0.6 is 59.4 Å². The molecule has 0 spiro atoms. The molecule has 0 radical (unpaired) electrons. The largest absolute Gasteiger partial charge is 0.207 e. The SMILES string of the molecule is Fc1ccc(Br)c(CC(CBr)(CBr)c2cccc(Cl)c2)c1. The quantitative estimate of drug-likeness (QED) is 0.412. The van der Waals surface area contributed by atoms with Gasteiger partial charge in [0.15, 0.2) is 0 Å². The van der Waals surface area contributed by atoms with Crippen molar-refractivity contribution in [2.24, 2.45) is 0 Å². The van der Waals surface area contributed by atoms with Crippen LogP contribution in [0.1, 0.15) is 11.1 Å². The Kier molecular flexibility index (Phi) is 6.30. The summed E-state index contributed by atoms with van der Waals surface area (Å²) in [5.74, 6) is -0.225. The van der Waals surface area contributed by atoms with Crippen LogP contribution in [0, 0.1) is 5.82 Å². The van der Waals surface area contributed by atoms with Crippen LogP contribution in [-0.2, 0) is 11.8 Å². The van der Waals surface area contributed by atoms with Gasteiger partial charge in [-0.1, -0.05) is 71.5 Å². The van der Waals surface area contributed by atoms with E-state index in [1.807, 2.05) is 18.2 Å². The van der Waals surface area contributed by atoms with E-state index in [1.54, 1.807) is 12.1 Å². The molecule has 0 N–H and O–H groups in total. The van der Waals surface area contributed by atoms with Gasteiger partial charge in [0.05, 0.1) is 0 Å². The van der Waals surface area contributed by atoms with Crippen molar-refractivity contribution < 1.29 is 4.39 Å². The molecular weight excluding hydrogens is 486 g/mol. The smallest absolute Gasteiger partial charge is 0.123 e. The van der Waals surface area contributed by atoms with Gasteiger partial charge in [0.25, 0.3) is 0 Å². The molecule has 0 aromatic heterocycles. The molecule has 0 bridgehead atoms. The Morgan fingerprint density at radius 2 is 1.76 bits per heavy atom. The average molecular weight is 499 g/mol. The summed E-state index contributed by atoms with van der Waals surface area (Å²) in [6, 6.07) is 12.6. The number of halogens is 5. The summed E-state index contributed by atoms with van der Waals surface area (Å²) >= 11 is 16.9. The van der Waals surface area contributed by atoms with Gasteiger partial charge in [-0.25, -0.2) is 4.39 Å². The van der Waals surface area contributed by atoms with Crippen molar-refractivity contribution in [2.45, 2.75) is 11.8 Å². The summed E-state index contributed by atoms with van der Waals surface area (Å²) in [4.78, 5) is 0. The Bertz CT molecular complexity index is 627. The number of benzene rings is 2. The van der Waals surface area contributed by atoms with Crippen LogP contribution in [0.4, 0.5) is 4.39 Å². The fourth-order valence-corrected chi connectivity index (χ4v) is 4.80. The summed E-state index contributed by atoms with van der Waals surface area (Å²) < 4.78 is 14.4. The monoisotopic (exact) mass is 496 g/mol. The predicted molar refractivity (Wildman–Crippen MR) is 98.5 cm³/mol. The Labute approximate surface area is 154 Å². The van der Waals surface area contributed by atoms with Crippen molar-refractivity contribution in [1.82, 2.24) is 0 Å². The van der Waals surface area contributed by atoms with Gasteiger partial charge < -0.3 is 0 Å². The van der Waals surface area contributed by atoms with Crippen LogP contribution in [0.3, 0.4) is 0 Å². The highest BCUT2D eigenvalue weighted by atomic mass is 79.9. The Morgan fingerprint density at radius 1 is 1.05 bits per heavy atom. The van der Waals surface area contributed by atoms with Crippen LogP contribution in [-0.4, -0.2) is 10.7 Å². The van der Waals surface area contributed by atoms with Gasteiger partial charge in [-0.3, -0.25) is 0 Å². The number of rotatable bonds is 5. The van der Waals surface area contributed by atoms with Crippen molar-refractivity contribution in [1.29, 1.82) is 0 Å². The minimum absolute atomic E-state index is 0.193. The maximum atomic E-state index is 13.5. The third-order valence-electron chi connectivity index (χ3n) is 3.49. The molecular formula is C16H13Br3ClF. The molecule has 0 aliphatic carbocycles. The maximum absolute atomic E-state index is 13.5. The normalized spacial score (nSPS) is 11.7. The Hall–Kier alpha value is 0.1000. The van der Waals surface area contributed by atoms with Crippen molar-refractivity contribution >= 4 is 59.4 Å². The van der Waals surface area contributed by atoms with Crippen molar-refractivity contribution in [3.05, 3.63) is 68.9 Å². The molecule has 5 heteroatoms. The van der Waals surface area contributed by atoms with Gasteiger partial charge in [-0.15, -0.1) is 0 Å². The van der Waals surface area contributed by atoms with E-state index in [9.17, 15) is 4.39 Å². The fraction of sp³-hybridized carbons (Fsp3) is 0.250. The molecule has 0 saturated carbocycles. The van der Waals surface area contributed by atoms with Crippen LogP contribution in [0.5, 0.6) is 0 Å². The zero-order chi connectivity index (χ0) is 15.5. The first-order chi connectivity index (χ1) is 10.0. The van der Waals surface area contributed by atoms with Crippen molar-refractivity contribution in [3.63, 3.8) is 0 Å². The van der Waals surface area contributed by atoms with Gasteiger partial charge >= 0.3 is 0 Å². The molecule has 21 heavy (non-hydrogen) atoms. The van der Waals surface area contributed by atoms with Crippen LogP contribution in [0.2, 0.25) is 5.02 Å². The second kappa shape index (κ2) is 7.58. The molecule has 0 heterocycles. The first-order valence-electron chi connectivity index (χ1n) is 6.33. The minimum atomic E-state index is -0.225. The third kappa shape index (κ3) is 4.10. The van der Waals surface area contributed by atoms with Crippen LogP contribution < -0.4 is 0 Å². The van der Waals surface area contributed by atoms with Gasteiger partial charge in [0, 0.05) is 25.6 Å². The van der Waals surface area contributed by atoms with Gasteiger partial charge in [0.1, 0.15) is 5.82 Å². The lowest BCUT2D eigenvalue weighted by Crippen LogP contribution is -2.33. The molecule has 0 nitrogen and oxygen atoms in total. The van der Waals surface area contributed by atoms with Gasteiger partial charge in [-0.2, -0.15) is 0 Å². The summed E-state index contributed by atoms with van der Waals surface area (Å²) in [6.07, 6.45) is 0.697. The molecule has 0 saturated heterocycles. The van der Waals surface area contributed by atoms with Crippen LogP contribution in [0.25, 0.3) is 0 Å². The molecule has 2 aromatic carbocycles. The molecule has 0 aliphatic heterocycles. The molecule has 0 amide bonds. The lowest BCUT2D eigenvalue weighted by atomic mass is 9.79. The van der Waals surface area contributed by atoms with Gasteiger partial charge in [-0.05, 0) is 47.9 Å². The lowest BCUT2D eigenvalue weighted by molar-refractivity contribution is 0.545. The van der Waals surface area contributed by atoms with E-state index in [-0.39, 0.29) is 11.2 Å². The van der Waals surface area contributed by atoms with E-state index < -0.39 is 0 Å². The molecule has 0 atom stereocenters. The first-order valence-corrected chi connectivity index (χ1v) is 9.74. The zero-order valence-corrected chi connectivity index (χ0v) is 16.6. The topological polar surface area (TPSA) is 0 Å². The second-order valence-electron chi connectivity index (χ2n) is 4.97. The number of hydrogen-bond acceptors (Lipinski definition) is 0. The molecule has 2 aromatic rings. The average Bonchev–Trinajstić information content (AvgIpc) is 2.48. The lowest BCUT2D eigenvalue weighted by Gasteiger charge is -2.31. The van der Waals surface area contributed by atoms with E-state index in [0.29, 0.717) is 11.4 Å². The molecule has 0 fully saturated rings. The molecule has 2 rings (SSSR count). The Balaban J connectivity index is 2.45. The third-order valence-corrected chi connectivity index (χ3v) is 6.64. The minimum Gasteiger partial charge on any atom is -0.207 e. The first kappa shape index (κ1) is 17.5. The maximum Gasteiger partial charge on any atom is 0.123 e. The summed E-state index contributed by atoms with van der Waals surface area (Å²) in [6.45, 7) is 0. The predicted octanol–water partition coefficient (Wildman–Crippen LogP) is 6.51. The zero-order valence-electron chi connectivity index (χ0n) is 11.1. The summed E-state index contributed by atoms with van der Waals surface area (Å²) in [5.41, 5.74) is 1.87. The highest BCUT2D eigenvalue weighted by Crippen LogP contribution is 2.36. The highest BCUT2D eigenvalue weighted by molar-refractivity contribution is 9.10. The molecule has 0 unspecified atom stereocenters. The van der Waals surface area contributed by atoms with Gasteiger partial charge in [0.2, 0.25) is 0 Å². The highest BCUT2D eigenvalue weighted by Gasteiger charge is 2.31. The number of alkyl halides is 2. The van der Waals surface area contributed by atoms with E-state index >= 15 is 0 Å². The van der Waals surface area contributed by atoms with Crippen molar-refractivity contribution in [3.8, 4) is 0 Å². The molecule has 112 valence electrons. The van der Waals surface area contributed by atoms with E-state index in [4.69, 9.17) is 11.6 Å². The second-order valence-corrected chi connectivity index (χ2v) is 7.38. The van der Waals surface area contributed by atoms with Crippen molar-refractivity contribution in [2.75, 3.05) is 10.7 Å². The fourth-order valence-electron chi connectivity index (χ4n) is 2.25. The van der Waals surface area contributed by atoms with Crippen LogP contribution in [0.15, 0.2) is 46.9 Å². The van der Waals surface area contributed by atoms with E-state index in [0.717, 1.165) is 26.3 Å². The Morgan fingerprint density at radius 3 is 2.38 bits per heavy atom. The number of hydrogen-bond donors (Lipinski definition) is 0. The van der Waals surface area contributed by atoms with E-state index in [1.165, 1.54) is 6.07 Å². The standard InChI is InChI=1S/C16H13Br3ClF/c17-9-16(10-18,12-2-1-3-13(20)7-12)8-11-6-14(21)4-5-15(11)19/h1-7H,8-10H2.